The maximum atomic E-state index is 12.0. The summed E-state index contributed by atoms with van der Waals surface area (Å²) >= 11 is 0. The maximum absolute atomic E-state index is 12.0. The van der Waals surface area contributed by atoms with Crippen molar-refractivity contribution in [3.8, 4) is 0 Å². The van der Waals surface area contributed by atoms with E-state index in [1.165, 1.54) is 4.90 Å². The van der Waals surface area contributed by atoms with Gasteiger partial charge in [0.05, 0.1) is 6.42 Å². The minimum absolute atomic E-state index is 0.0552. The Morgan fingerprint density at radius 3 is 2.37 bits per heavy atom. The molecule has 0 radical (unpaired) electrons. The van der Waals surface area contributed by atoms with Gasteiger partial charge in [0.25, 0.3) is 0 Å². The molecule has 0 aromatic carbocycles. The van der Waals surface area contributed by atoms with Gasteiger partial charge in [-0.1, -0.05) is 0 Å². The zero-order valence-corrected chi connectivity index (χ0v) is 11.2. The third kappa shape index (κ3) is 5.15. The quantitative estimate of drug-likeness (QED) is 0.740. The Labute approximate surface area is 112 Å². The fourth-order valence-electron chi connectivity index (χ4n) is 2.21. The van der Waals surface area contributed by atoms with Gasteiger partial charge in [0, 0.05) is 33.1 Å². The van der Waals surface area contributed by atoms with Crippen molar-refractivity contribution >= 4 is 17.9 Å². The molecular weight excluding hydrogens is 250 g/mol. The molecule has 0 aromatic heterocycles. The van der Waals surface area contributed by atoms with Crippen molar-refractivity contribution in [2.75, 3.05) is 26.7 Å². The number of carboxylic acids is 1. The first-order valence-electron chi connectivity index (χ1n) is 6.40. The number of nitrogens with zero attached hydrogens (tertiary/aromatic N) is 2. The van der Waals surface area contributed by atoms with Crippen LogP contribution in [0.25, 0.3) is 0 Å². The molecule has 1 rings (SSSR count). The van der Waals surface area contributed by atoms with E-state index in [2.05, 4.69) is 0 Å². The van der Waals surface area contributed by atoms with E-state index in [1.54, 1.807) is 11.9 Å². The van der Waals surface area contributed by atoms with Gasteiger partial charge in [-0.15, -0.1) is 0 Å². The number of aliphatic carboxylic acids is 1. The molecule has 0 atom stereocenters. The van der Waals surface area contributed by atoms with Gasteiger partial charge in [-0.2, -0.15) is 0 Å². The molecule has 1 aliphatic rings. The van der Waals surface area contributed by atoms with E-state index >= 15 is 0 Å². The van der Waals surface area contributed by atoms with E-state index in [-0.39, 0.29) is 30.8 Å². The molecule has 7 heteroatoms. The Balaban J connectivity index is 2.35. The molecule has 0 unspecified atom stereocenters. The molecule has 7 nitrogen and oxygen atoms in total. The SMILES string of the molecule is CN(CCC(=O)O)C(=O)N1CCC(CC(N)=O)CC1. The van der Waals surface area contributed by atoms with Crippen molar-refractivity contribution in [3.05, 3.63) is 0 Å². The molecule has 0 saturated carbocycles. The lowest BCUT2D eigenvalue weighted by Gasteiger charge is -2.34. The Morgan fingerprint density at radius 1 is 1.32 bits per heavy atom. The lowest BCUT2D eigenvalue weighted by molar-refractivity contribution is -0.137. The molecule has 0 spiro atoms. The van der Waals surface area contributed by atoms with Crippen LogP contribution >= 0.6 is 0 Å². The summed E-state index contributed by atoms with van der Waals surface area (Å²) in [5.74, 6) is -0.964. The van der Waals surface area contributed by atoms with Crippen molar-refractivity contribution in [2.45, 2.75) is 25.7 Å². The van der Waals surface area contributed by atoms with Gasteiger partial charge in [0.1, 0.15) is 0 Å². The minimum Gasteiger partial charge on any atom is -0.481 e. The summed E-state index contributed by atoms with van der Waals surface area (Å²) in [4.78, 5) is 36.4. The first-order valence-corrected chi connectivity index (χ1v) is 6.40. The van der Waals surface area contributed by atoms with Crippen LogP contribution in [0.2, 0.25) is 0 Å². The Morgan fingerprint density at radius 2 is 1.89 bits per heavy atom. The standard InChI is InChI=1S/C12H21N3O4/c1-14(5-4-11(17)18)12(19)15-6-2-9(3-7-15)8-10(13)16/h9H,2-8H2,1H3,(H2,13,16)(H,17,18). The number of piperidine rings is 1. The second kappa shape index (κ2) is 6.96. The van der Waals surface area contributed by atoms with Gasteiger partial charge in [-0.25, -0.2) is 4.79 Å². The van der Waals surface area contributed by atoms with E-state index in [4.69, 9.17) is 10.8 Å². The number of carbonyl (C=O) groups is 3. The van der Waals surface area contributed by atoms with Crippen LogP contribution < -0.4 is 5.73 Å². The number of primary amides is 1. The fourth-order valence-corrected chi connectivity index (χ4v) is 2.21. The minimum atomic E-state index is -0.917. The van der Waals surface area contributed by atoms with Crippen LogP contribution in [0.4, 0.5) is 4.79 Å². The number of urea groups is 1. The van der Waals surface area contributed by atoms with Crippen LogP contribution in [0.15, 0.2) is 0 Å². The summed E-state index contributed by atoms with van der Waals surface area (Å²) in [5.41, 5.74) is 5.15. The van der Waals surface area contributed by atoms with E-state index in [1.807, 2.05) is 0 Å². The predicted molar refractivity (Wildman–Crippen MR) is 68.4 cm³/mol. The van der Waals surface area contributed by atoms with E-state index in [0.717, 1.165) is 12.8 Å². The summed E-state index contributed by atoms with van der Waals surface area (Å²) < 4.78 is 0. The highest BCUT2D eigenvalue weighted by Gasteiger charge is 2.25. The van der Waals surface area contributed by atoms with Crippen molar-refractivity contribution in [2.24, 2.45) is 11.7 Å². The van der Waals surface area contributed by atoms with Gasteiger partial charge in [0.2, 0.25) is 5.91 Å². The normalized spacial score (nSPS) is 16.2. The van der Waals surface area contributed by atoms with Gasteiger partial charge in [-0.3, -0.25) is 9.59 Å². The van der Waals surface area contributed by atoms with Crippen molar-refractivity contribution in [3.63, 3.8) is 0 Å². The number of nitrogens with two attached hydrogens (primary N) is 1. The first-order chi connectivity index (χ1) is 8.90. The molecule has 1 fully saturated rings. The summed E-state index contributed by atoms with van der Waals surface area (Å²) in [6.07, 6.45) is 1.85. The topological polar surface area (TPSA) is 104 Å². The summed E-state index contributed by atoms with van der Waals surface area (Å²) in [6.45, 7) is 1.39. The predicted octanol–water partition coefficient (Wildman–Crippen LogP) is 0.100. The average Bonchev–Trinajstić information content (AvgIpc) is 2.35. The van der Waals surface area contributed by atoms with Gasteiger partial charge < -0.3 is 20.6 Å². The van der Waals surface area contributed by atoms with Crippen molar-refractivity contribution < 1.29 is 19.5 Å². The number of carboxylic acid groups (broad SMARTS) is 1. The number of amides is 3. The Bertz CT molecular complexity index is 351. The number of hydrogen-bond donors (Lipinski definition) is 2. The van der Waals surface area contributed by atoms with Crippen LogP contribution in [0.1, 0.15) is 25.7 Å². The number of likely N-dealkylation sites (tertiary alicyclic amines) is 1. The smallest absolute Gasteiger partial charge is 0.319 e. The van der Waals surface area contributed by atoms with Crippen molar-refractivity contribution in [1.29, 1.82) is 0 Å². The second-order valence-corrected chi connectivity index (χ2v) is 4.95. The molecule has 19 heavy (non-hydrogen) atoms. The van der Waals surface area contributed by atoms with Crippen LogP contribution in [0.3, 0.4) is 0 Å². The molecule has 1 saturated heterocycles. The molecule has 1 aliphatic heterocycles. The summed E-state index contributed by atoms with van der Waals surface area (Å²) in [6, 6.07) is -0.154. The largest absolute Gasteiger partial charge is 0.481 e. The number of carbonyl (C=O) groups excluding carboxylic acids is 2. The number of rotatable bonds is 5. The van der Waals surface area contributed by atoms with Gasteiger partial charge >= 0.3 is 12.0 Å². The lowest BCUT2D eigenvalue weighted by Crippen LogP contribution is -2.46. The zero-order valence-electron chi connectivity index (χ0n) is 11.2. The molecule has 1 heterocycles. The highest BCUT2D eigenvalue weighted by molar-refractivity contribution is 5.76. The second-order valence-electron chi connectivity index (χ2n) is 4.95. The fraction of sp³-hybridized carbons (Fsp3) is 0.750. The molecule has 0 aliphatic carbocycles. The molecular formula is C12H21N3O4. The third-order valence-electron chi connectivity index (χ3n) is 3.36. The zero-order chi connectivity index (χ0) is 14.4. The highest BCUT2D eigenvalue weighted by Crippen LogP contribution is 2.20. The first kappa shape index (κ1) is 15.3. The highest BCUT2D eigenvalue weighted by atomic mass is 16.4. The molecule has 0 bridgehead atoms. The van der Waals surface area contributed by atoms with Crippen molar-refractivity contribution in [1.82, 2.24) is 9.80 Å². The number of hydrogen-bond acceptors (Lipinski definition) is 3. The average molecular weight is 271 g/mol. The van der Waals surface area contributed by atoms with E-state index < -0.39 is 5.97 Å². The molecule has 3 amide bonds. The third-order valence-corrected chi connectivity index (χ3v) is 3.36. The summed E-state index contributed by atoms with van der Waals surface area (Å²) in [7, 11) is 1.60. The summed E-state index contributed by atoms with van der Waals surface area (Å²) in [5, 5.41) is 8.58. The van der Waals surface area contributed by atoms with Gasteiger partial charge in [0.15, 0.2) is 0 Å². The van der Waals surface area contributed by atoms with Crippen LogP contribution in [0.5, 0.6) is 0 Å². The Kier molecular flexibility index (Phi) is 5.59. The molecule has 108 valence electrons. The van der Waals surface area contributed by atoms with Crippen LogP contribution in [0, 0.1) is 5.92 Å². The van der Waals surface area contributed by atoms with E-state index in [9.17, 15) is 14.4 Å². The van der Waals surface area contributed by atoms with E-state index in [0.29, 0.717) is 19.5 Å². The molecule has 0 aromatic rings. The van der Waals surface area contributed by atoms with Gasteiger partial charge in [-0.05, 0) is 18.8 Å². The Hall–Kier alpha value is -1.79. The molecule has 3 N–H and O–H groups in total. The van der Waals surface area contributed by atoms with Crippen LogP contribution in [-0.4, -0.2) is 59.5 Å². The lowest BCUT2D eigenvalue weighted by atomic mass is 9.93. The monoisotopic (exact) mass is 271 g/mol. The maximum Gasteiger partial charge on any atom is 0.319 e. The van der Waals surface area contributed by atoms with Crippen LogP contribution in [-0.2, 0) is 9.59 Å².